The van der Waals surface area contributed by atoms with Gasteiger partial charge in [0.2, 0.25) is 5.60 Å². The first-order chi connectivity index (χ1) is 13.0. The number of pyridine rings is 1. The highest BCUT2D eigenvalue weighted by Crippen LogP contribution is 2.49. The van der Waals surface area contributed by atoms with Gasteiger partial charge >= 0.3 is 0 Å². The van der Waals surface area contributed by atoms with Crippen LogP contribution in [0.4, 0.5) is 5.82 Å². The number of carbonyl (C=O) groups is 3. The van der Waals surface area contributed by atoms with E-state index in [-0.39, 0.29) is 11.3 Å². The van der Waals surface area contributed by atoms with Crippen molar-refractivity contribution in [3.63, 3.8) is 0 Å². The highest BCUT2D eigenvalue weighted by molar-refractivity contribution is 6.00. The molecule has 1 aliphatic rings. The number of carbonyl (C=O) groups excluding carboxylic acids is 3. The third-order valence-corrected chi connectivity index (χ3v) is 5.18. The molecule has 2 aromatic heterocycles. The standard InChI is InChI=1S/C17H20N4O7/c1-7(22)12(25)13-16(26,8(2)23)17(27,9(3)24)15(28-13)21-6-20-11-10(21)4-5-19-14(11)18/h4-6,12-13,15,25-27H,1-3H3,(H2,18,19)/t12?,13-,15-,16-,17-/m1/s1. The molecule has 0 aliphatic carbocycles. The van der Waals surface area contributed by atoms with E-state index in [0.717, 1.165) is 20.8 Å². The van der Waals surface area contributed by atoms with E-state index in [1.165, 1.54) is 23.2 Å². The molecule has 0 amide bonds. The van der Waals surface area contributed by atoms with Gasteiger partial charge in [-0.1, -0.05) is 0 Å². The summed E-state index contributed by atoms with van der Waals surface area (Å²) in [6.07, 6.45) is -2.99. The molecule has 0 bridgehead atoms. The molecule has 5 atom stereocenters. The van der Waals surface area contributed by atoms with Crippen LogP contribution in [0.1, 0.15) is 27.0 Å². The molecule has 1 fully saturated rings. The van der Waals surface area contributed by atoms with Gasteiger partial charge in [0, 0.05) is 6.20 Å². The van der Waals surface area contributed by atoms with Gasteiger partial charge in [0.05, 0.1) is 11.8 Å². The smallest absolute Gasteiger partial charge is 0.206 e. The molecular formula is C17H20N4O7. The minimum atomic E-state index is -2.89. The van der Waals surface area contributed by atoms with E-state index in [0.29, 0.717) is 5.52 Å². The highest BCUT2D eigenvalue weighted by atomic mass is 16.6. The lowest BCUT2D eigenvalue weighted by atomic mass is 9.73. The van der Waals surface area contributed by atoms with E-state index in [1.54, 1.807) is 0 Å². The summed E-state index contributed by atoms with van der Waals surface area (Å²) >= 11 is 0. The summed E-state index contributed by atoms with van der Waals surface area (Å²) in [6, 6.07) is 1.48. The van der Waals surface area contributed by atoms with Crippen LogP contribution in [0.25, 0.3) is 11.0 Å². The first-order valence-corrected chi connectivity index (χ1v) is 8.35. The Kier molecular flexibility index (Phi) is 4.58. The fraction of sp³-hybridized carbons (Fsp3) is 0.471. The lowest BCUT2D eigenvalue weighted by Crippen LogP contribution is -2.67. The number of ketones is 3. The van der Waals surface area contributed by atoms with E-state index in [9.17, 15) is 29.7 Å². The van der Waals surface area contributed by atoms with Gasteiger partial charge in [-0.05, 0) is 26.8 Å². The summed E-state index contributed by atoms with van der Waals surface area (Å²) in [5.74, 6) is -2.80. The lowest BCUT2D eigenvalue weighted by molar-refractivity contribution is -0.184. The number of aromatic nitrogens is 3. The molecule has 1 saturated heterocycles. The van der Waals surface area contributed by atoms with Gasteiger partial charge < -0.3 is 30.4 Å². The van der Waals surface area contributed by atoms with Gasteiger partial charge in [-0.15, -0.1) is 0 Å². The Morgan fingerprint density at radius 1 is 1.18 bits per heavy atom. The van der Waals surface area contributed by atoms with Crippen LogP contribution in [-0.2, 0) is 19.1 Å². The van der Waals surface area contributed by atoms with E-state index < -0.39 is 47.0 Å². The van der Waals surface area contributed by atoms with E-state index in [4.69, 9.17) is 10.5 Å². The molecule has 0 spiro atoms. The van der Waals surface area contributed by atoms with Crippen LogP contribution in [0.2, 0.25) is 0 Å². The Morgan fingerprint density at radius 3 is 2.32 bits per heavy atom. The number of hydrogen-bond acceptors (Lipinski definition) is 10. The number of fused-ring (bicyclic) bond motifs is 1. The minimum absolute atomic E-state index is 0.0720. The van der Waals surface area contributed by atoms with Gasteiger partial charge in [-0.25, -0.2) is 9.97 Å². The van der Waals surface area contributed by atoms with Gasteiger partial charge in [-0.2, -0.15) is 0 Å². The van der Waals surface area contributed by atoms with E-state index in [1.807, 2.05) is 0 Å². The van der Waals surface area contributed by atoms with Gasteiger partial charge in [0.25, 0.3) is 0 Å². The molecule has 11 heteroatoms. The van der Waals surface area contributed by atoms with Crippen molar-refractivity contribution in [3.8, 4) is 0 Å². The zero-order valence-electron chi connectivity index (χ0n) is 15.4. The molecule has 1 unspecified atom stereocenters. The fourth-order valence-electron chi connectivity index (χ4n) is 3.60. The average molecular weight is 392 g/mol. The Balaban J connectivity index is 2.28. The Morgan fingerprint density at radius 2 is 1.79 bits per heavy atom. The Bertz CT molecular complexity index is 989. The summed E-state index contributed by atoms with van der Waals surface area (Å²) < 4.78 is 6.77. The second-order valence-corrected chi connectivity index (χ2v) is 6.83. The number of ether oxygens (including phenoxy) is 1. The molecule has 2 aromatic rings. The van der Waals surface area contributed by atoms with Gasteiger partial charge in [0.1, 0.15) is 17.7 Å². The number of nitrogens with two attached hydrogens (primary N) is 1. The number of nitrogens with zero attached hydrogens (tertiary/aromatic N) is 3. The largest absolute Gasteiger partial charge is 0.382 e. The lowest BCUT2D eigenvalue weighted by Gasteiger charge is -2.37. The molecular weight excluding hydrogens is 372 g/mol. The second kappa shape index (κ2) is 6.41. The van der Waals surface area contributed by atoms with Crippen LogP contribution in [0.15, 0.2) is 18.6 Å². The fourth-order valence-corrected chi connectivity index (χ4v) is 3.60. The first kappa shape index (κ1) is 20.0. The van der Waals surface area contributed by atoms with Crippen LogP contribution in [-0.4, -0.2) is 70.6 Å². The maximum absolute atomic E-state index is 12.5. The van der Waals surface area contributed by atoms with Gasteiger partial charge in [0.15, 0.2) is 35.0 Å². The highest BCUT2D eigenvalue weighted by Gasteiger charge is 2.73. The normalized spacial score (nSPS) is 31.1. The number of aliphatic hydroxyl groups excluding tert-OH is 1. The molecule has 0 saturated carbocycles. The zero-order chi connectivity index (χ0) is 21.0. The van der Waals surface area contributed by atoms with Crippen molar-refractivity contribution in [3.05, 3.63) is 18.6 Å². The Hall–Kier alpha value is -2.73. The number of nitrogen functional groups attached to an aromatic ring is 1. The topological polar surface area (TPSA) is 178 Å². The number of imidazole rings is 1. The van der Waals surface area contributed by atoms with Crippen molar-refractivity contribution < 1.29 is 34.4 Å². The number of aliphatic hydroxyl groups is 3. The molecule has 150 valence electrons. The minimum Gasteiger partial charge on any atom is -0.382 e. The maximum atomic E-state index is 12.5. The third kappa shape index (κ3) is 2.41. The van der Waals surface area contributed by atoms with E-state index >= 15 is 0 Å². The summed E-state index contributed by atoms with van der Waals surface area (Å²) in [4.78, 5) is 44.5. The van der Waals surface area contributed by atoms with Crippen LogP contribution in [0.3, 0.4) is 0 Å². The molecule has 3 rings (SSSR count). The number of Topliss-reactive ketones (excluding diaryl/α,β-unsaturated/α-hetero) is 3. The van der Waals surface area contributed by atoms with Crippen molar-refractivity contribution >= 4 is 34.2 Å². The van der Waals surface area contributed by atoms with Crippen LogP contribution >= 0.6 is 0 Å². The van der Waals surface area contributed by atoms with Crippen LogP contribution in [0, 0.1) is 0 Å². The van der Waals surface area contributed by atoms with Crippen molar-refractivity contribution in [2.24, 2.45) is 0 Å². The molecule has 28 heavy (non-hydrogen) atoms. The number of rotatable bonds is 5. The molecule has 3 heterocycles. The SMILES string of the molecule is CC(=O)C(O)[C@H]1O[C@@H](n2cnc3c(N)nccc32)[C@](O)(C(C)=O)[C@@]1(O)C(C)=O. The summed E-state index contributed by atoms with van der Waals surface area (Å²) in [5, 5.41) is 32.6. The average Bonchev–Trinajstić information content (AvgIpc) is 3.14. The molecule has 11 nitrogen and oxygen atoms in total. The molecule has 0 radical (unpaired) electrons. The second-order valence-electron chi connectivity index (χ2n) is 6.83. The van der Waals surface area contributed by atoms with Crippen molar-refractivity contribution in [2.75, 3.05) is 5.73 Å². The van der Waals surface area contributed by atoms with Crippen molar-refractivity contribution in [1.29, 1.82) is 0 Å². The molecule has 0 aromatic carbocycles. The number of hydrogen-bond donors (Lipinski definition) is 4. The first-order valence-electron chi connectivity index (χ1n) is 8.35. The molecule has 5 N–H and O–H groups in total. The van der Waals surface area contributed by atoms with Crippen LogP contribution in [0.5, 0.6) is 0 Å². The molecule has 1 aliphatic heterocycles. The zero-order valence-corrected chi connectivity index (χ0v) is 15.4. The summed E-state index contributed by atoms with van der Waals surface area (Å²) in [7, 11) is 0. The predicted octanol–water partition coefficient (Wildman–Crippen LogP) is -1.50. The van der Waals surface area contributed by atoms with Gasteiger partial charge in [-0.3, -0.25) is 14.4 Å². The van der Waals surface area contributed by atoms with Crippen LogP contribution < -0.4 is 5.73 Å². The maximum Gasteiger partial charge on any atom is 0.206 e. The predicted molar refractivity (Wildman–Crippen MR) is 93.8 cm³/mol. The van der Waals surface area contributed by atoms with E-state index in [2.05, 4.69) is 9.97 Å². The Labute approximate surface area is 158 Å². The van der Waals surface area contributed by atoms with Crippen molar-refractivity contribution in [1.82, 2.24) is 14.5 Å². The third-order valence-electron chi connectivity index (χ3n) is 5.18. The summed E-state index contributed by atoms with van der Waals surface area (Å²) in [5.41, 5.74) is 0.596. The number of anilines is 1. The van der Waals surface area contributed by atoms with Crippen molar-refractivity contribution in [2.45, 2.75) is 50.4 Å². The quantitative estimate of drug-likeness (QED) is 0.468. The monoisotopic (exact) mass is 392 g/mol. The summed E-state index contributed by atoms with van der Waals surface area (Å²) in [6.45, 7) is 2.91.